The van der Waals surface area contributed by atoms with Crippen molar-refractivity contribution in [3.63, 3.8) is 0 Å². The second-order valence-electron chi connectivity index (χ2n) is 3.42. The Balaban J connectivity index is 1.94. The van der Waals surface area contributed by atoms with E-state index in [1.54, 1.807) is 6.20 Å². The van der Waals surface area contributed by atoms with Gasteiger partial charge in [-0.1, -0.05) is 30.3 Å². The van der Waals surface area contributed by atoms with Crippen LogP contribution in [0.2, 0.25) is 0 Å². The first kappa shape index (κ1) is 10.4. The molecule has 2 rings (SSSR count). The molecule has 0 spiro atoms. The topological polar surface area (TPSA) is 63.0 Å². The predicted octanol–water partition coefficient (Wildman–Crippen LogP) is 1.98. The molecule has 0 atom stereocenters. The number of nitrogens with zero attached hydrogens (tertiary/aromatic N) is 1. The monoisotopic (exact) mass is 214 g/mol. The molecule has 4 nitrogen and oxygen atoms in total. The molecule has 82 valence electrons. The first-order chi connectivity index (χ1) is 7.88. The van der Waals surface area contributed by atoms with Crippen molar-refractivity contribution in [2.75, 3.05) is 10.7 Å². The molecule has 1 aromatic carbocycles. The highest BCUT2D eigenvalue weighted by atomic mass is 15.2. The van der Waals surface area contributed by atoms with E-state index in [1.165, 1.54) is 5.56 Å². The minimum atomic E-state index is 0.767. The van der Waals surface area contributed by atoms with Crippen molar-refractivity contribution in [2.45, 2.75) is 6.54 Å². The van der Waals surface area contributed by atoms with Gasteiger partial charge in [0.2, 0.25) is 0 Å². The third-order valence-electron chi connectivity index (χ3n) is 2.25. The number of hydrogen-bond acceptors (Lipinski definition) is 4. The molecule has 0 aliphatic rings. The number of aromatic nitrogens is 1. The lowest BCUT2D eigenvalue weighted by Gasteiger charge is -2.06. The Labute approximate surface area is 94.5 Å². The number of hydrazine groups is 1. The van der Waals surface area contributed by atoms with Gasteiger partial charge in [0.25, 0.3) is 0 Å². The summed E-state index contributed by atoms with van der Waals surface area (Å²) in [6, 6.07) is 13.9. The second-order valence-corrected chi connectivity index (χ2v) is 3.42. The Kier molecular flexibility index (Phi) is 3.35. The molecular formula is C12H14N4. The third kappa shape index (κ3) is 2.71. The number of rotatable bonds is 4. The van der Waals surface area contributed by atoms with Crippen LogP contribution in [0.1, 0.15) is 5.56 Å². The summed E-state index contributed by atoms with van der Waals surface area (Å²) in [6.45, 7) is 0.767. The number of pyridine rings is 1. The van der Waals surface area contributed by atoms with Gasteiger partial charge >= 0.3 is 0 Å². The first-order valence-corrected chi connectivity index (χ1v) is 5.09. The van der Waals surface area contributed by atoms with Crippen LogP contribution in [0, 0.1) is 0 Å². The van der Waals surface area contributed by atoms with E-state index >= 15 is 0 Å². The molecule has 1 aromatic heterocycles. The molecule has 0 aliphatic heterocycles. The lowest BCUT2D eigenvalue weighted by Crippen LogP contribution is -2.07. The summed E-state index contributed by atoms with van der Waals surface area (Å²) in [5, 5.41) is 3.23. The van der Waals surface area contributed by atoms with E-state index in [0.717, 1.165) is 18.1 Å². The standard InChI is InChI=1S/C12H14N4/c13-16-11-6-7-12(15-9-11)14-8-10-4-2-1-3-5-10/h1-7,9,16H,8,13H2,(H,14,15). The van der Waals surface area contributed by atoms with Crippen LogP contribution in [-0.2, 0) is 6.54 Å². The number of nitrogens with two attached hydrogens (primary N) is 1. The third-order valence-corrected chi connectivity index (χ3v) is 2.25. The molecule has 0 saturated carbocycles. The summed E-state index contributed by atoms with van der Waals surface area (Å²) >= 11 is 0. The van der Waals surface area contributed by atoms with Crippen LogP contribution in [0.25, 0.3) is 0 Å². The van der Waals surface area contributed by atoms with Crippen molar-refractivity contribution in [3.8, 4) is 0 Å². The van der Waals surface area contributed by atoms with Crippen LogP contribution in [0.4, 0.5) is 11.5 Å². The summed E-state index contributed by atoms with van der Waals surface area (Å²) in [7, 11) is 0. The normalized spacial score (nSPS) is 9.81. The molecule has 0 amide bonds. The van der Waals surface area contributed by atoms with Crippen molar-refractivity contribution in [3.05, 3.63) is 54.2 Å². The van der Waals surface area contributed by atoms with E-state index in [-0.39, 0.29) is 0 Å². The highest BCUT2D eigenvalue weighted by Gasteiger charge is 1.94. The maximum Gasteiger partial charge on any atom is 0.126 e. The molecule has 4 N–H and O–H groups in total. The summed E-state index contributed by atoms with van der Waals surface area (Å²) in [6.07, 6.45) is 1.69. The van der Waals surface area contributed by atoms with Crippen LogP contribution in [0.5, 0.6) is 0 Å². The smallest absolute Gasteiger partial charge is 0.126 e. The van der Waals surface area contributed by atoms with E-state index in [0.29, 0.717) is 0 Å². The zero-order chi connectivity index (χ0) is 11.2. The molecule has 0 aliphatic carbocycles. The highest BCUT2D eigenvalue weighted by Crippen LogP contribution is 2.09. The molecule has 16 heavy (non-hydrogen) atoms. The Morgan fingerprint density at radius 1 is 1.06 bits per heavy atom. The second kappa shape index (κ2) is 5.14. The predicted molar refractivity (Wildman–Crippen MR) is 65.8 cm³/mol. The molecule has 1 heterocycles. The minimum absolute atomic E-state index is 0.767. The fourth-order valence-electron chi connectivity index (χ4n) is 1.37. The number of nitrogens with one attached hydrogen (secondary N) is 2. The number of anilines is 2. The Morgan fingerprint density at radius 3 is 2.50 bits per heavy atom. The van der Waals surface area contributed by atoms with Crippen molar-refractivity contribution in [2.24, 2.45) is 5.84 Å². The summed E-state index contributed by atoms with van der Waals surface area (Å²) < 4.78 is 0. The lowest BCUT2D eigenvalue weighted by molar-refractivity contribution is 1.11. The van der Waals surface area contributed by atoms with E-state index in [2.05, 4.69) is 27.9 Å². The van der Waals surface area contributed by atoms with Gasteiger partial charge in [-0.2, -0.15) is 0 Å². The van der Waals surface area contributed by atoms with Gasteiger partial charge in [-0.05, 0) is 17.7 Å². The molecule has 4 heteroatoms. The van der Waals surface area contributed by atoms with Gasteiger partial charge in [-0.3, -0.25) is 5.84 Å². The van der Waals surface area contributed by atoms with Crippen molar-refractivity contribution < 1.29 is 0 Å². The summed E-state index contributed by atoms with van der Waals surface area (Å²) in [5.74, 6) is 6.09. The minimum Gasteiger partial charge on any atom is -0.366 e. The van der Waals surface area contributed by atoms with Crippen LogP contribution >= 0.6 is 0 Å². The van der Waals surface area contributed by atoms with Gasteiger partial charge in [0, 0.05) is 6.54 Å². The van der Waals surface area contributed by atoms with Gasteiger partial charge in [-0.25, -0.2) is 4.98 Å². The first-order valence-electron chi connectivity index (χ1n) is 5.09. The van der Waals surface area contributed by atoms with Gasteiger partial charge < -0.3 is 10.7 Å². The van der Waals surface area contributed by atoms with Gasteiger partial charge in [0.05, 0.1) is 11.9 Å². The number of benzene rings is 1. The van der Waals surface area contributed by atoms with Crippen molar-refractivity contribution in [1.82, 2.24) is 4.98 Å². The summed E-state index contributed by atoms with van der Waals surface area (Å²) in [4.78, 5) is 4.21. The Bertz CT molecular complexity index is 425. The van der Waals surface area contributed by atoms with Gasteiger partial charge in [0.1, 0.15) is 5.82 Å². The number of nitrogen functional groups attached to an aromatic ring is 1. The molecule has 0 bridgehead atoms. The summed E-state index contributed by atoms with van der Waals surface area (Å²) in [5.41, 5.74) is 4.56. The molecule has 0 unspecified atom stereocenters. The lowest BCUT2D eigenvalue weighted by atomic mass is 10.2. The van der Waals surface area contributed by atoms with E-state index in [4.69, 9.17) is 5.84 Å². The van der Waals surface area contributed by atoms with Crippen LogP contribution in [0.3, 0.4) is 0 Å². The average Bonchev–Trinajstić information content (AvgIpc) is 2.38. The fourth-order valence-corrected chi connectivity index (χ4v) is 1.37. The SMILES string of the molecule is NNc1ccc(NCc2ccccc2)nc1. The Morgan fingerprint density at radius 2 is 1.88 bits per heavy atom. The molecule has 0 radical (unpaired) electrons. The fraction of sp³-hybridized carbons (Fsp3) is 0.0833. The largest absolute Gasteiger partial charge is 0.366 e. The van der Waals surface area contributed by atoms with E-state index in [1.807, 2.05) is 30.3 Å². The van der Waals surface area contributed by atoms with Crippen LogP contribution in [-0.4, -0.2) is 4.98 Å². The molecule has 2 aromatic rings. The Hall–Kier alpha value is -2.07. The van der Waals surface area contributed by atoms with E-state index in [9.17, 15) is 0 Å². The maximum atomic E-state index is 5.25. The van der Waals surface area contributed by atoms with Crippen molar-refractivity contribution >= 4 is 11.5 Å². The number of hydrogen-bond donors (Lipinski definition) is 3. The highest BCUT2D eigenvalue weighted by molar-refractivity contribution is 5.46. The zero-order valence-corrected chi connectivity index (χ0v) is 8.85. The van der Waals surface area contributed by atoms with Gasteiger partial charge in [-0.15, -0.1) is 0 Å². The van der Waals surface area contributed by atoms with Gasteiger partial charge in [0.15, 0.2) is 0 Å². The van der Waals surface area contributed by atoms with Crippen LogP contribution in [0.15, 0.2) is 48.7 Å². The average molecular weight is 214 g/mol. The zero-order valence-electron chi connectivity index (χ0n) is 8.85. The molecule has 0 saturated heterocycles. The van der Waals surface area contributed by atoms with Crippen molar-refractivity contribution in [1.29, 1.82) is 0 Å². The quantitative estimate of drug-likeness (QED) is 0.538. The molecule has 0 fully saturated rings. The van der Waals surface area contributed by atoms with E-state index < -0.39 is 0 Å². The van der Waals surface area contributed by atoms with Crippen LogP contribution < -0.4 is 16.6 Å². The molecular weight excluding hydrogens is 200 g/mol. The maximum absolute atomic E-state index is 5.25.